The molecule has 120 valence electrons. The summed E-state index contributed by atoms with van der Waals surface area (Å²) in [4.78, 5) is 23.2. The number of fused-ring (bicyclic) bond motifs is 2. The lowest BCUT2D eigenvalue weighted by Gasteiger charge is -2.12. The maximum atomic E-state index is 12.4. The molecule has 1 atom stereocenters. The van der Waals surface area contributed by atoms with Gasteiger partial charge in [-0.15, -0.1) is 0 Å². The Morgan fingerprint density at radius 3 is 2.62 bits per heavy atom. The van der Waals surface area contributed by atoms with Gasteiger partial charge >= 0.3 is 6.09 Å². The van der Waals surface area contributed by atoms with E-state index in [9.17, 15) is 9.59 Å². The number of nitrogens with one attached hydrogen (secondary N) is 2. The average molecular weight is 322 g/mol. The van der Waals surface area contributed by atoms with Gasteiger partial charge in [-0.1, -0.05) is 42.5 Å². The third-order valence-corrected chi connectivity index (χ3v) is 4.15. The monoisotopic (exact) mass is 322 g/mol. The number of carboxylic acid groups (broad SMARTS) is 1. The fourth-order valence-corrected chi connectivity index (χ4v) is 3.12. The molecule has 0 saturated carbocycles. The van der Waals surface area contributed by atoms with Crippen molar-refractivity contribution in [1.82, 2.24) is 5.32 Å². The molecule has 3 N–H and O–H groups in total. The lowest BCUT2D eigenvalue weighted by atomic mass is 9.99. The first-order valence-electron chi connectivity index (χ1n) is 7.53. The minimum Gasteiger partial charge on any atom is -0.482 e. The molecule has 2 aromatic carbocycles. The maximum Gasteiger partial charge on any atom is 0.404 e. The van der Waals surface area contributed by atoms with Crippen molar-refractivity contribution in [3.05, 3.63) is 65.2 Å². The molecular formula is C18H14N2O4. The molecule has 0 aromatic heterocycles. The molecule has 2 amide bonds. The minimum atomic E-state index is -1.11. The van der Waals surface area contributed by atoms with Crippen LogP contribution in [0.2, 0.25) is 0 Å². The van der Waals surface area contributed by atoms with Crippen molar-refractivity contribution in [2.45, 2.75) is 6.10 Å². The Balaban J connectivity index is 1.82. The molecule has 6 heteroatoms. The Labute approximate surface area is 137 Å². The highest BCUT2D eigenvalue weighted by atomic mass is 16.5. The van der Waals surface area contributed by atoms with Gasteiger partial charge in [0.1, 0.15) is 11.9 Å². The quantitative estimate of drug-likeness (QED) is 0.742. The highest BCUT2D eigenvalue weighted by Crippen LogP contribution is 2.45. The van der Waals surface area contributed by atoms with Crippen LogP contribution in [0, 0.1) is 0 Å². The van der Waals surface area contributed by atoms with Gasteiger partial charge in [0.15, 0.2) is 0 Å². The van der Waals surface area contributed by atoms with Crippen LogP contribution in [-0.4, -0.2) is 23.7 Å². The molecule has 0 aliphatic carbocycles. The van der Waals surface area contributed by atoms with Gasteiger partial charge in [0.25, 0.3) is 5.91 Å². The normalized spacial score (nSPS) is 20.8. The van der Waals surface area contributed by atoms with E-state index in [1.165, 1.54) is 0 Å². The molecular weight excluding hydrogens is 308 g/mol. The van der Waals surface area contributed by atoms with Gasteiger partial charge < -0.3 is 20.5 Å². The highest BCUT2D eigenvalue weighted by Gasteiger charge is 2.35. The van der Waals surface area contributed by atoms with Crippen LogP contribution in [0.5, 0.6) is 0 Å². The van der Waals surface area contributed by atoms with Crippen LogP contribution in [0.4, 0.5) is 10.5 Å². The van der Waals surface area contributed by atoms with Gasteiger partial charge in [0, 0.05) is 22.4 Å². The smallest absolute Gasteiger partial charge is 0.404 e. The summed E-state index contributed by atoms with van der Waals surface area (Å²) in [6.07, 6.45) is -1.57. The second kappa shape index (κ2) is 5.42. The fourth-order valence-electron chi connectivity index (χ4n) is 3.12. The van der Waals surface area contributed by atoms with E-state index in [2.05, 4.69) is 10.6 Å². The zero-order chi connectivity index (χ0) is 16.7. The summed E-state index contributed by atoms with van der Waals surface area (Å²) in [6.45, 7) is 0.117. The minimum absolute atomic E-state index is 0.117. The Kier molecular flexibility index (Phi) is 3.23. The Morgan fingerprint density at radius 2 is 1.83 bits per heavy atom. The molecule has 24 heavy (non-hydrogen) atoms. The summed E-state index contributed by atoms with van der Waals surface area (Å²) in [5.41, 5.74) is 3.70. The molecule has 0 saturated heterocycles. The molecule has 0 fully saturated rings. The largest absolute Gasteiger partial charge is 0.482 e. The number of amides is 2. The molecule has 2 aromatic rings. The Bertz CT molecular complexity index is 888. The van der Waals surface area contributed by atoms with Gasteiger partial charge in [-0.25, -0.2) is 4.79 Å². The molecule has 0 spiro atoms. The molecule has 0 bridgehead atoms. The van der Waals surface area contributed by atoms with Crippen LogP contribution in [0.1, 0.15) is 22.8 Å². The second-order valence-electron chi connectivity index (χ2n) is 5.58. The first-order valence-corrected chi connectivity index (χ1v) is 7.53. The number of benzene rings is 2. The zero-order valence-electron chi connectivity index (χ0n) is 12.6. The number of carbonyl (C=O) groups excluding carboxylic acids is 1. The first-order chi connectivity index (χ1) is 11.6. The number of ether oxygens (including phenoxy) is 1. The molecule has 2 aliphatic rings. The van der Waals surface area contributed by atoms with Gasteiger partial charge in [0.05, 0.1) is 12.1 Å². The van der Waals surface area contributed by atoms with Crippen LogP contribution in [0.3, 0.4) is 0 Å². The van der Waals surface area contributed by atoms with Crippen molar-refractivity contribution in [2.24, 2.45) is 0 Å². The van der Waals surface area contributed by atoms with Crippen LogP contribution >= 0.6 is 0 Å². The SMILES string of the molecule is O=C(O)NCC1O/C(=C2\C(=O)Nc3ccccc32)c2ccccc21. The van der Waals surface area contributed by atoms with Gasteiger partial charge in [-0.05, 0) is 6.07 Å². The zero-order valence-corrected chi connectivity index (χ0v) is 12.6. The molecule has 2 aliphatic heterocycles. The van der Waals surface area contributed by atoms with Crippen LogP contribution < -0.4 is 10.6 Å². The first kappa shape index (κ1) is 14.3. The van der Waals surface area contributed by atoms with Crippen molar-refractivity contribution in [1.29, 1.82) is 0 Å². The van der Waals surface area contributed by atoms with E-state index in [0.29, 0.717) is 11.3 Å². The Hall–Kier alpha value is -3.28. The van der Waals surface area contributed by atoms with E-state index in [-0.39, 0.29) is 12.5 Å². The van der Waals surface area contributed by atoms with Crippen molar-refractivity contribution in [2.75, 3.05) is 11.9 Å². The summed E-state index contributed by atoms with van der Waals surface area (Å²) in [5.74, 6) is 0.276. The third-order valence-electron chi connectivity index (χ3n) is 4.15. The van der Waals surface area contributed by atoms with E-state index in [1.54, 1.807) is 0 Å². The molecule has 6 nitrogen and oxygen atoms in total. The summed E-state index contributed by atoms with van der Waals surface area (Å²) in [7, 11) is 0. The lowest BCUT2D eigenvalue weighted by molar-refractivity contribution is -0.110. The maximum absolute atomic E-state index is 12.4. The molecule has 1 unspecified atom stereocenters. The van der Waals surface area contributed by atoms with Gasteiger partial charge in [0.2, 0.25) is 0 Å². The van der Waals surface area contributed by atoms with Crippen molar-refractivity contribution >= 4 is 29.0 Å². The topological polar surface area (TPSA) is 87.7 Å². The third kappa shape index (κ3) is 2.20. The van der Waals surface area contributed by atoms with Gasteiger partial charge in [-0.3, -0.25) is 4.79 Å². The lowest BCUT2D eigenvalue weighted by Crippen LogP contribution is -2.26. The van der Waals surface area contributed by atoms with E-state index in [1.807, 2.05) is 48.5 Å². The van der Waals surface area contributed by atoms with Crippen LogP contribution in [0.15, 0.2) is 48.5 Å². The molecule has 4 rings (SSSR count). The van der Waals surface area contributed by atoms with Crippen molar-refractivity contribution in [3.63, 3.8) is 0 Å². The number of para-hydroxylation sites is 1. The van der Waals surface area contributed by atoms with Crippen molar-refractivity contribution < 1.29 is 19.4 Å². The van der Waals surface area contributed by atoms with Crippen LogP contribution in [-0.2, 0) is 9.53 Å². The summed E-state index contributed by atoms with van der Waals surface area (Å²) in [5, 5.41) is 14.0. The Morgan fingerprint density at radius 1 is 1.12 bits per heavy atom. The number of hydrogen-bond acceptors (Lipinski definition) is 3. The van der Waals surface area contributed by atoms with E-state index >= 15 is 0 Å². The highest BCUT2D eigenvalue weighted by molar-refractivity contribution is 6.36. The van der Waals surface area contributed by atoms with E-state index < -0.39 is 12.2 Å². The predicted octanol–water partition coefficient (Wildman–Crippen LogP) is 2.85. The van der Waals surface area contributed by atoms with E-state index in [0.717, 1.165) is 22.4 Å². The van der Waals surface area contributed by atoms with E-state index in [4.69, 9.17) is 9.84 Å². The number of carbonyl (C=O) groups is 2. The molecule has 0 radical (unpaired) electrons. The number of anilines is 1. The van der Waals surface area contributed by atoms with Crippen LogP contribution in [0.25, 0.3) is 11.3 Å². The summed E-state index contributed by atoms with van der Waals surface area (Å²) >= 11 is 0. The number of hydrogen-bond donors (Lipinski definition) is 3. The standard InChI is InChI=1S/C18H14N2O4/c21-17-15(12-7-3-4-8-13(12)20-17)16-11-6-2-1-5-10(11)14(24-16)9-19-18(22)23/h1-8,14,19H,9H2,(H,20,21)(H,22,23)/b16-15-. The second-order valence-corrected chi connectivity index (χ2v) is 5.58. The average Bonchev–Trinajstić information content (AvgIpc) is 3.09. The van der Waals surface area contributed by atoms with Crippen molar-refractivity contribution in [3.8, 4) is 0 Å². The van der Waals surface area contributed by atoms with Gasteiger partial charge in [-0.2, -0.15) is 0 Å². The number of rotatable bonds is 2. The predicted molar refractivity (Wildman–Crippen MR) is 88.2 cm³/mol. The summed E-state index contributed by atoms with van der Waals surface area (Å²) in [6, 6.07) is 14.9. The molecule has 2 heterocycles. The summed E-state index contributed by atoms with van der Waals surface area (Å²) < 4.78 is 5.99. The fraction of sp³-hybridized carbons (Fsp3) is 0.111.